The van der Waals surface area contributed by atoms with Gasteiger partial charge >= 0.3 is 5.97 Å². The molecule has 4 nitrogen and oxygen atoms in total. The summed E-state index contributed by atoms with van der Waals surface area (Å²) in [5.41, 5.74) is 0.609. The van der Waals surface area contributed by atoms with Crippen molar-refractivity contribution in [1.82, 2.24) is 0 Å². The van der Waals surface area contributed by atoms with Crippen molar-refractivity contribution in [2.75, 3.05) is 0 Å². The number of esters is 1. The van der Waals surface area contributed by atoms with Crippen molar-refractivity contribution in [3.63, 3.8) is 0 Å². The summed E-state index contributed by atoms with van der Waals surface area (Å²) in [6.45, 7) is 0. The lowest BCUT2D eigenvalue weighted by molar-refractivity contribution is -0.150. The third kappa shape index (κ3) is 4.57. The van der Waals surface area contributed by atoms with Gasteiger partial charge in [0.05, 0.1) is 11.3 Å². The molecule has 5 heteroatoms. The highest BCUT2D eigenvalue weighted by atomic mass is 32.2. The molecule has 3 aromatic carbocycles. The normalized spacial score (nSPS) is 16.3. The number of benzene rings is 3. The van der Waals surface area contributed by atoms with Gasteiger partial charge in [0.15, 0.2) is 9.84 Å². The van der Waals surface area contributed by atoms with Gasteiger partial charge < -0.3 is 4.74 Å². The third-order valence-corrected chi connectivity index (χ3v) is 7.91. The van der Waals surface area contributed by atoms with Gasteiger partial charge in [-0.3, -0.25) is 4.79 Å². The van der Waals surface area contributed by atoms with Crippen LogP contribution in [0.5, 0.6) is 0 Å². The molecule has 156 valence electrons. The molecule has 0 amide bonds. The van der Waals surface area contributed by atoms with Crippen molar-refractivity contribution in [3.05, 3.63) is 78.4 Å². The third-order valence-electron chi connectivity index (χ3n) is 5.79. The van der Waals surface area contributed by atoms with E-state index in [9.17, 15) is 13.2 Å². The van der Waals surface area contributed by atoms with E-state index in [1.54, 1.807) is 36.4 Å². The van der Waals surface area contributed by atoms with E-state index in [1.807, 2.05) is 36.4 Å². The molecule has 1 saturated carbocycles. The molecule has 0 heterocycles. The summed E-state index contributed by atoms with van der Waals surface area (Å²) in [4.78, 5) is 13.0. The van der Waals surface area contributed by atoms with Crippen molar-refractivity contribution in [3.8, 4) is 0 Å². The van der Waals surface area contributed by atoms with E-state index in [0.717, 1.165) is 42.9 Å². The van der Waals surface area contributed by atoms with Gasteiger partial charge in [-0.05, 0) is 60.2 Å². The first-order chi connectivity index (χ1) is 14.5. The Morgan fingerprint density at radius 3 is 2.27 bits per heavy atom. The first kappa shape index (κ1) is 20.6. The average Bonchev–Trinajstić information content (AvgIpc) is 2.78. The van der Waals surface area contributed by atoms with Crippen LogP contribution in [0.1, 0.15) is 49.3 Å². The molecule has 0 spiro atoms. The van der Waals surface area contributed by atoms with Gasteiger partial charge in [-0.1, -0.05) is 61.0 Å². The van der Waals surface area contributed by atoms with Crippen LogP contribution in [0.4, 0.5) is 0 Å². The minimum Gasteiger partial charge on any atom is -0.462 e. The van der Waals surface area contributed by atoms with Crippen molar-refractivity contribution in [2.24, 2.45) is 0 Å². The molecule has 0 bridgehead atoms. The van der Waals surface area contributed by atoms with E-state index < -0.39 is 21.1 Å². The Balaban J connectivity index is 1.67. The highest BCUT2D eigenvalue weighted by Crippen LogP contribution is 2.34. The minimum absolute atomic E-state index is 0.0945. The van der Waals surface area contributed by atoms with Gasteiger partial charge in [-0.2, -0.15) is 0 Å². The Kier molecular flexibility index (Phi) is 6.18. The molecule has 30 heavy (non-hydrogen) atoms. The highest BCUT2D eigenvalue weighted by Gasteiger charge is 2.33. The highest BCUT2D eigenvalue weighted by molar-refractivity contribution is 7.91. The SMILES string of the molecule is O=C(CC(c1ccc2ccccc2c1)S(=O)(=O)c1ccccc1)OC1CCCCC1. The number of hydrogen-bond donors (Lipinski definition) is 0. The van der Waals surface area contributed by atoms with Crippen LogP contribution >= 0.6 is 0 Å². The van der Waals surface area contributed by atoms with E-state index in [2.05, 4.69) is 0 Å². The number of fused-ring (bicyclic) bond motifs is 1. The summed E-state index contributed by atoms with van der Waals surface area (Å²) < 4.78 is 32.6. The van der Waals surface area contributed by atoms with Crippen LogP contribution < -0.4 is 0 Å². The Hall–Kier alpha value is -2.66. The van der Waals surface area contributed by atoms with Crippen LogP contribution in [0.2, 0.25) is 0 Å². The molecule has 1 aliphatic carbocycles. The van der Waals surface area contributed by atoms with Crippen molar-refractivity contribution < 1.29 is 17.9 Å². The Morgan fingerprint density at radius 2 is 1.53 bits per heavy atom. The smallest absolute Gasteiger partial charge is 0.307 e. The van der Waals surface area contributed by atoms with Crippen LogP contribution in [0.3, 0.4) is 0 Å². The number of carbonyl (C=O) groups excluding carboxylic acids is 1. The zero-order chi connectivity index (χ0) is 21.0. The maximum Gasteiger partial charge on any atom is 0.307 e. The summed E-state index contributed by atoms with van der Waals surface area (Å²) in [5.74, 6) is -0.445. The van der Waals surface area contributed by atoms with Crippen molar-refractivity contribution in [1.29, 1.82) is 0 Å². The van der Waals surface area contributed by atoms with Crippen LogP contribution in [-0.4, -0.2) is 20.5 Å². The lowest BCUT2D eigenvalue weighted by Gasteiger charge is -2.24. The van der Waals surface area contributed by atoms with Crippen LogP contribution in [0.15, 0.2) is 77.7 Å². The van der Waals surface area contributed by atoms with E-state index in [4.69, 9.17) is 4.74 Å². The monoisotopic (exact) mass is 422 g/mol. The molecule has 0 aliphatic heterocycles. The number of rotatable bonds is 6. The second-order valence-corrected chi connectivity index (χ2v) is 10.0. The average molecular weight is 423 g/mol. The van der Waals surface area contributed by atoms with Gasteiger partial charge in [0, 0.05) is 0 Å². The van der Waals surface area contributed by atoms with Crippen LogP contribution in [-0.2, 0) is 19.4 Å². The predicted molar refractivity (Wildman–Crippen MR) is 118 cm³/mol. The van der Waals surface area contributed by atoms with E-state index >= 15 is 0 Å². The van der Waals surface area contributed by atoms with Crippen molar-refractivity contribution in [2.45, 2.75) is 54.8 Å². The topological polar surface area (TPSA) is 60.4 Å². The molecule has 1 fully saturated rings. The van der Waals surface area contributed by atoms with Gasteiger partial charge in [0.2, 0.25) is 0 Å². The molecule has 4 rings (SSSR count). The standard InChI is InChI=1S/C25H26O4S/c26-25(29-22-11-3-1-4-12-22)18-24(30(27,28)23-13-5-2-6-14-23)21-16-15-19-9-7-8-10-20(19)17-21/h2,5-10,13-17,22,24H,1,3-4,11-12,18H2. The van der Waals surface area contributed by atoms with Gasteiger partial charge in [-0.25, -0.2) is 8.42 Å². The number of hydrogen-bond acceptors (Lipinski definition) is 4. The lowest BCUT2D eigenvalue weighted by atomic mass is 9.98. The molecular weight excluding hydrogens is 396 g/mol. The summed E-state index contributed by atoms with van der Waals surface area (Å²) in [5, 5.41) is 0.992. The Labute approximate surface area is 177 Å². The molecule has 3 aromatic rings. The first-order valence-electron chi connectivity index (χ1n) is 10.5. The fourth-order valence-electron chi connectivity index (χ4n) is 4.16. The van der Waals surface area contributed by atoms with E-state index in [-0.39, 0.29) is 17.4 Å². The summed E-state index contributed by atoms with van der Waals surface area (Å²) in [6, 6.07) is 21.7. The maximum atomic E-state index is 13.5. The predicted octanol–water partition coefficient (Wildman–Crippen LogP) is 5.62. The molecule has 0 saturated heterocycles. The molecular formula is C25H26O4S. The lowest BCUT2D eigenvalue weighted by Crippen LogP contribution is -2.24. The molecule has 0 aromatic heterocycles. The summed E-state index contributed by atoms with van der Waals surface area (Å²) in [6.07, 6.45) is 4.70. The fourth-order valence-corrected chi connectivity index (χ4v) is 5.88. The second-order valence-electron chi connectivity index (χ2n) is 7.91. The second kappa shape index (κ2) is 9.00. The molecule has 1 unspecified atom stereocenters. The zero-order valence-electron chi connectivity index (χ0n) is 16.9. The number of sulfone groups is 1. The Bertz CT molecular complexity index is 1120. The largest absolute Gasteiger partial charge is 0.462 e. The van der Waals surface area contributed by atoms with E-state index in [0.29, 0.717) is 5.56 Å². The summed E-state index contributed by atoms with van der Waals surface area (Å²) in [7, 11) is -3.76. The molecule has 0 radical (unpaired) electrons. The quantitative estimate of drug-likeness (QED) is 0.484. The first-order valence-corrected chi connectivity index (χ1v) is 12.1. The van der Waals surface area contributed by atoms with Gasteiger partial charge in [-0.15, -0.1) is 0 Å². The van der Waals surface area contributed by atoms with Gasteiger partial charge in [0.25, 0.3) is 0 Å². The van der Waals surface area contributed by atoms with Crippen LogP contribution in [0.25, 0.3) is 10.8 Å². The Morgan fingerprint density at radius 1 is 0.867 bits per heavy atom. The zero-order valence-corrected chi connectivity index (χ0v) is 17.7. The van der Waals surface area contributed by atoms with Crippen LogP contribution in [0, 0.1) is 0 Å². The fraction of sp³-hybridized carbons (Fsp3) is 0.320. The van der Waals surface area contributed by atoms with Crippen molar-refractivity contribution >= 4 is 26.6 Å². The number of ether oxygens (including phenoxy) is 1. The minimum atomic E-state index is -3.76. The number of carbonyl (C=O) groups is 1. The summed E-state index contributed by atoms with van der Waals surface area (Å²) >= 11 is 0. The van der Waals surface area contributed by atoms with Gasteiger partial charge in [0.1, 0.15) is 11.4 Å². The molecule has 0 N–H and O–H groups in total. The van der Waals surface area contributed by atoms with E-state index in [1.165, 1.54) is 0 Å². The molecule has 1 aliphatic rings. The molecule has 1 atom stereocenters. The maximum absolute atomic E-state index is 13.5.